The van der Waals surface area contributed by atoms with E-state index in [2.05, 4.69) is 16.5 Å². The summed E-state index contributed by atoms with van der Waals surface area (Å²) in [5.41, 5.74) is 3.53. The predicted octanol–water partition coefficient (Wildman–Crippen LogP) is 3.89. The van der Waals surface area contributed by atoms with Crippen molar-refractivity contribution in [2.75, 3.05) is 5.75 Å². The molecule has 3 aromatic heterocycles. The van der Waals surface area contributed by atoms with Crippen molar-refractivity contribution in [3.8, 4) is 0 Å². The van der Waals surface area contributed by atoms with Crippen molar-refractivity contribution in [3.63, 3.8) is 0 Å². The summed E-state index contributed by atoms with van der Waals surface area (Å²) in [6.07, 6.45) is 0. The van der Waals surface area contributed by atoms with Gasteiger partial charge in [0.05, 0.1) is 11.3 Å². The Kier molecular flexibility index (Phi) is 5.15. The van der Waals surface area contributed by atoms with Crippen molar-refractivity contribution >= 4 is 39.1 Å². The van der Waals surface area contributed by atoms with Gasteiger partial charge in [0.25, 0.3) is 5.56 Å². The third-order valence-electron chi connectivity index (χ3n) is 4.37. The fraction of sp³-hybridized carbons (Fsp3) is 0.389. The van der Waals surface area contributed by atoms with Crippen LogP contribution in [0.1, 0.15) is 35.6 Å². The third kappa shape index (κ3) is 3.18. The van der Waals surface area contributed by atoms with E-state index < -0.39 is 0 Å². The van der Waals surface area contributed by atoms with E-state index in [1.807, 2.05) is 38.3 Å². The molecule has 0 saturated heterocycles. The lowest BCUT2D eigenvalue weighted by Crippen LogP contribution is -2.22. The first-order chi connectivity index (χ1) is 12.0. The highest BCUT2D eigenvalue weighted by atomic mass is 32.2. The summed E-state index contributed by atoms with van der Waals surface area (Å²) in [5, 5.41) is 2.48. The molecule has 0 unspecified atom stereocenters. The maximum atomic E-state index is 12.7. The number of carbonyl (C=O) groups excluding carboxylic acids is 1. The molecular weight excluding hydrogens is 354 g/mol. The minimum atomic E-state index is -0.0263. The number of hydrogen-bond donors (Lipinski definition) is 0. The first-order valence-corrected chi connectivity index (χ1v) is 10.1. The topological polar surface area (TPSA) is 56.9 Å². The molecule has 132 valence electrons. The van der Waals surface area contributed by atoms with Gasteiger partial charge in [0.15, 0.2) is 10.9 Å². The van der Waals surface area contributed by atoms with Crippen molar-refractivity contribution in [2.45, 2.75) is 45.9 Å². The molecule has 0 aliphatic carbocycles. The molecule has 5 nitrogen and oxygen atoms in total. The number of Topliss-reactive ketones (excluding diaryl/α,β-unsaturated/α-hetero) is 1. The summed E-state index contributed by atoms with van der Waals surface area (Å²) in [6, 6.07) is 3.80. The van der Waals surface area contributed by atoms with Crippen LogP contribution in [0.15, 0.2) is 27.5 Å². The van der Waals surface area contributed by atoms with Crippen LogP contribution >= 0.6 is 23.1 Å². The van der Waals surface area contributed by atoms with E-state index in [1.165, 1.54) is 23.1 Å². The van der Waals surface area contributed by atoms with Gasteiger partial charge in [-0.3, -0.25) is 14.2 Å². The van der Waals surface area contributed by atoms with E-state index in [0.717, 1.165) is 23.5 Å². The van der Waals surface area contributed by atoms with Gasteiger partial charge in [0.2, 0.25) is 0 Å². The van der Waals surface area contributed by atoms with Gasteiger partial charge < -0.3 is 4.57 Å². The Bertz CT molecular complexity index is 998. The molecule has 0 aliphatic rings. The summed E-state index contributed by atoms with van der Waals surface area (Å²) in [7, 11) is 0. The van der Waals surface area contributed by atoms with Crippen molar-refractivity contribution in [1.82, 2.24) is 14.1 Å². The fourth-order valence-electron chi connectivity index (χ4n) is 3.09. The van der Waals surface area contributed by atoms with Crippen LogP contribution in [0.3, 0.4) is 0 Å². The molecule has 0 amide bonds. The highest BCUT2D eigenvalue weighted by Gasteiger charge is 2.17. The Morgan fingerprint density at radius 1 is 1.24 bits per heavy atom. The van der Waals surface area contributed by atoms with Crippen LogP contribution in [0.2, 0.25) is 0 Å². The summed E-state index contributed by atoms with van der Waals surface area (Å²) >= 11 is 2.74. The van der Waals surface area contributed by atoms with E-state index in [0.29, 0.717) is 21.9 Å². The number of aryl methyl sites for hydroxylation is 1. The number of rotatable bonds is 6. The number of thioether (sulfide) groups is 1. The van der Waals surface area contributed by atoms with E-state index in [1.54, 1.807) is 4.57 Å². The second-order valence-corrected chi connectivity index (χ2v) is 7.68. The van der Waals surface area contributed by atoms with Crippen molar-refractivity contribution < 1.29 is 4.79 Å². The molecule has 0 fully saturated rings. The molecule has 0 saturated carbocycles. The zero-order chi connectivity index (χ0) is 18.1. The van der Waals surface area contributed by atoms with Crippen LogP contribution in [-0.2, 0) is 13.1 Å². The number of carbonyl (C=O) groups is 1. The molecule has 0 radical (unpaired) electrons. The Labute approximate surface area is 154 Å². The molecular formula is C18H21N3O2S2. The van der Waals surface area contributed by atoms with E-state index in [9.17, 15) is 9.59 Å². The van der Waals surface area contributed by atoms with Crippen LogP contribution < -0.4 is 5.56 Å². The summed E-state index contributed by atoms with van der Waals surface area (Å²) in [6.45, 7) is 9.38. The molecule has 0 aromatic carbocycles. The molecule has 25 heavy (non-hydrogen) atoms. The molecule has 0 spiro atoms. The largest absolute Gasteiger partial charge is 0.349 e. The zero-order valence-electron chi connectivity index (χ0n) is 14.8. The number of nitrogens with zero attached hydrogens (tertiary/aromatic N) is 3. The standard InChI is InChI=1S/C18H21N3O2S2/c1-5-20-11(3)9-13(12(20)4)15(22)10-25-18-19-14-7-8-24-16(14)17(23)21(18)6-2/h7-9H,5-6,10H2,1-4H3. The zero-order valence-corrected chi connectivity index (χ0v) is 16.5. The van der Waals surface area contributed by atoms with Gasteiger partial charge in [-0.05, 0) is 45.2 Å². The monoisotopic (exact) mass is 375 g/mol. The van der Waals surface area contributed by atoms with Crippen LogP contribution in [0, 0.1) is 13.8 Å². The third-order valence-corrected chi connectivity index (χ3v) is 6.24. The van der Waals surface area contributed by atoms with Crippen molar-refractivity contribution in [3.05, 3.63) is 44.8 Å². The Balaban J connectivity index is 1.88. The first kappa shape index (κ1) is 17.9. The SMILES string of the molecule is CCn1c(C)cc(C(=O)CSc2nc3ccsc3c(=O)n2CC)c1C. The van der Waals surface area contributed by atoms with E-state index in [4.69, 9.17) is 0 Å². The fourth-order valence-corrected chi connectivity index (χ4v) is 4.82. The molecule has 3 rings (SSSR count). The smallest absolute Gasteiger partial charge is 0.272 e. The Morgan fingerprint density at radius 3 is 2.60 bits per heavy atom. The second-order valence-electron chi connectivity index (χ2n) is 5.82. The average Bonchev–Trinajstić information content (AvgIpc) is 3.17. The Hall–Kier alpha value is -1.86. The van der Waals surface area contributed by atoms with Crippen molar-refractivity contribution in [2.24, 2.45) is 0 Å². The predicted molar refractivity (Wildman–Crippen MR) is 104 cm³/mol. The number of fused-ring (bicyclic) bond motifs is 1. The lowest BCUT2D eigenvalue weighted by Gasteiger charge is -2.09. The molecule has 3 heterocycles. The highest BCUT2D eigenvalue weighted by Crippen LogP contribution is 2.23. The van der Waals surface area contributed by atoms with Gasteiger partial charge in [-0.2, -0.15) is 0 Å². The van der Waals surface area contributed by atoms with Gasteiger partial charge in [-0.15, -0.1) is 11.3 Å². The molecule has 3 aromatic rings. The maximum Gasteiger partial charge on any atom is 0.272 e. The minimum Gasteiger partial charge on any atom is -0.349 e. The summed E-state index contributed by atoms with van der Waals surface area (Å²) < 4.78 is 4.45. The molecule has 0 N–H and O–H groups in total. The molecule has 0 aliphatic heterocycles. The Morgan fingerprint density at radius 2 is 1.96 bits per heavy atom. The van der Waals surface area contributed by atoms with Gasteiger partial charge in [-0.1, -0.05) is 11.8 Å². The highest BCUT2D eigenvalue weighted by molar-refractivity contribution is 7.99. The van der Waals surface area contributed by atoms with Crippen LogP contribution in [0.4, 0.5) is 0 Å². The lowest BCUT2D eigenvalue weighted by molar-refractivity contribution is 0.102. The average molecular weight is 376 g/mol. The normalized spacial score (nSPS) is 11.4. The van der Waals surface area contributed by atoms with Gasteiger partial charge >= 0.3 is 0 Å². The van der Waals surface area contributed by atoms with E-state index >= 15 is 0 Å². The quantitative estimate of drug-likeness (QED) is 0.373. The molecule has 0 bridgehead atoms. The maximum absolute atomic E-state index is 12.7. The van der Waals surface area contributed by atoms with Crippen molar-refractivity contribution in [1.29, 1.82) is 0 Å². The second kappa shape index (κ2) is 7.17. The number of hydrogen-bond acceptors (Lipinski definition) is 5. The summed E-state index contributed by atoms with van der Waals surface area (Å²) in [5.74, 6) is 0.343. The number of aromatic nitrogens is 3. The van der Waals surface area contributed by atoms with Crippen LogP contribution in [0.25, 0.3) is 10.2 Å². The first-order valence-electron chi connectivity index (χ1n) is 8.28. The molecule has 7 heteroatoms. The van der Waals surface area contributed by atoms with E-state index in [-0.39, 0.29) is 17.1 Å². The molecule has 0 atom stereocenters. The number of ketones is 1. The van der Waals surface area contributed by atoms with Gasteiger partial charge in [0, 0.05) is 30.0 Å². The van der Waals surface area contributed by atoms with Crippen LogP contribution in [-0.4, -0.2) is 25.7 Å². The van der Waals surface area contributed by atoms with Gasteiger partial charge in [0.1, 0.15) is 4.70 Å². The number of thiophene rings is 1. The van der Waals surface area contributed by atoms with Gasteiger partial charge in [-0.25, -0.2) is 4.98 Å². The lowest BCUT2D eigenvalue weighted by atomic mass is 10.2. The summed E-state index contributed by atoms with van der Waals surface area (Å²) in [4.78, 5) is 29.8. The van der Waals surface area contributed by atoms with Crippen LogP contribution in [0.5, 0.6) is 0 Å². The minimum absolute atomic E-state index is 0.0263.